The first-order chi connectivity index (χ1) is 10.1. The first-order valence-corrected chi connectivity index (χ1v) is 6.91. The van der Waals surface area contributed by atoms with Crippen LogP contribution in [0.2, 0.25) is 5.02 Å². The van der Waals surface area contributed by atoms with Gasteiger partial charge in [0.15, 0.2) is 0 Å². The Morgan fingerprint density at radius 3 is 2.38 bits per heavy atom. The second-order valence-electron chi connectivity index (χ2n) is 4.91. The van der Waals surface area contributed by atoms with Crippen LogP contribution in [0.3, 0.4) is 0 Å². The maximum absolute atomic E-state index is 12.5. The van der Waals surface area contributed by atoms with E-state index < -0.39 is 0 Å². The van der Waals surface area contributed by atoms with Crippen molar-refractivity contribution in [2.24, 2.45) is 0 Å². The van der Waals surface area contributed by atoms with Crippen molar-refractivity contribution in [2.45, 2.75) is 6.92 Å². The first-order valence-electron chi connectivity index (χ1n) is 6.53. The van der Waals surface area contributed by atoms with Gasteiger partial charge in [-0.05, 0) is 37.3 Å². The topological polar surface area (TPSA) is 40.6 Å². The van der Waals surface area contributed by atoms with Gasteiger partial charge < -0.3 is 0 Å². The van der Waals surface area contributed by atoms with Crippen molar-refractivity contribution >= 4 is 34.9 Å². The Bertz CT molecular complexity index is 712. The van der Waals surface area contributed by atoms with E-state index in [4.69, 9.17) is 11.6 Å². The number of imide groups is 1. The second-order valence-corrected chi connectivity index (χ2v) is 5.35. The van der Waals surface area contributed by atoms with E-state index in [1.807, 2.05) is 31.2 Å². The monoisotopic (exact) mass is 300 g/mol. The van der Waals surface area contributed by atoms with E-state index in [0.717, 1.165) is 10.5 Å². The maximum atomic E-state index is 12.5. The summed E-state index contributed by atoms with van der Waals surface area (Å²) in [6.45, 7) is 2.01. The lowest BCUT2D eigenvalue weighted by Gasteiger charge is -2.17. The first kappa shape index (κ1) is 13.6. The highest BCUT2D eigenvalue weighted by atomic mass is 35.5. The molecule has 0 aliphatic carbocycles. The van der Waals surface area contributed by atoms with Crippen molar-refractivity contribution < 1.29 is 9.59 Å². The van der Waals surface area contributed by atoms with Crippen LogP contribution < -0.4 is 9.80 Å². The van der Waals surface area contributed by atoms with Crippen LogP contribution in [0, 0.1) is 6.92 Å². The van der Waals surface area contributed by atoms with E-state index in [2.05, 4.69) is 0 Å². The summed E-state index contributed by atoms with van der Waals surface area (Å²) < 4.78 is 0. The zero-order valence-corrected chi connectivity index (χ0v) is 12.2. The lowest BCUT2D eigenvalue weighted by atomic mass is 10.2. The van der Waals surface area contributed by atoms with Crippen LogP contribution in [0.1, 0.15) is 5.56 Å². The number of carbonyl (C=O) groups excluding carboxylic acids is 2. The Hall–Kier alpha value is -2.33. The fourth-order valence-electron chi connectivity index (χ4n) is 2.30. The van der Waals surface area contributed by atoms with Gasteiger partial charge in [-0.2, -0.15) is 0 Å². The highest BCUT2D eigenvalue weighted by molar-refractivity contribution is 6.32. The molecular weight excluding hydrogens is 288 g/mol. The number of hydrogen-bond acceptors (Lipinski definition) is 2. The van der Waals surface area contributed by atoms with Gasteiger partial charge in [-0.25, -0.2) is 9.69 Å². The summed E-state index contributed by atoms with van der Waals surface area (Å²) >= 11 is 5.93. The fraction of sp³-hybridized carbons (Fsp3) is 0.125. The third-order valence-corrected chi connectivity index (χ3v) is 3.61. The molecule has 0 radical (unpaired) electrons. The lowest BCUT2D eigenvalue weighted by Crippen LogP contribution is -2.32. The number of urea groups is 1. The maximum Gasteiger partial charge on any atom is 0.336 e. The SMILES string of the molecule is Cc1ccc(N2CC(=O)N(c3cccc(Cl)c3)C2=O)cc1. The van der Waals surface area contributed by atoms with E-state index in [0.29, 0.717) is 16.4 Å². The number of aryl methyl sites for hydroxylation is 1. The normalized spacial score (nSPS) is 15.0. The molecule has 1 heterocycles. The molecule has 5 heteroatoms. The summed E-state index contributed by atoms with van der Waals surface area (Å²) in [5.74, 6) is -0.261. The summed E-state index contributed by atoms with van der Waals surface area (Å²) in [6.07, 6.45) is 0. The molecule has 3 rings (SSSR count). The van der Waals surface area contributed by atoms with Gasteiger partial charge in [0.05, 0.1) is 5.69 Å². The predicted molar refractivity (Wildman–Crippen MR) is 82.9 cm³/mol. The molecule has 2 aromatic carbocycles. The van der Waals surface area contributed by atoms with Crippen molar-refractivity contribution in [3.63, 3.8) is 0 Å². The third-order valence-electron chi connectivity index (χ3n) is 3.38. The minimum absolute atomic E-state index is 0.0361. The van der Waals surface area contributed by atoms with Crippen molar-refractivity contribution in [3.05, 3.63) is 59.1 Å². The largest absolute Gasteiger partial charge is 0.336 e. The quantitative estimate of drug-likeness (QED) is 0.795. The van der Waals surface area contributed by atoms with Crippen LogP contribution in [0.5, 0.6) is 0 Å². The molecule has 0 N–H and O–H groups in total. The zero-order valence-electron chi connectivity index (χ0n) is 11.4. The molecule has 1 saturated heterocycles. The van der Waals surface area contributed by atoms with Crippen LogP contribution in [0.25, 0.3) is 0 Å². The molecule has 21 heavy (non-hydrogen) atoms. The Labute approximate surface area is 127 Å². The number of nitrogens with zero attached hydrogens (tertiary/aromatic N) is 2. The van der Waals surface area contributed by atoms with E-state index in [-0.39, 0.29) is 18.5 Å². The zero-order chi connectivity index (χ0) is 15.0. The average Bonchev–Trinajstić information content (AvgIpc) is 2.75. The number of amides is 3. The van der Waals surface area contributed by atoms with E-state index in [1.165, 1.54) is 4.90 Å². The molecule has 4 nitrogen and oxygen atoms in total. The van der Waals surface area contributed by atoms with Gasteiger partial charge in [0, 0.05) is 10.7 Å². The summed E-state index contributed by atoms with van der Waals surface area (Å²) in [5.41, 5.74) is 2.30. The Kier molecular flexibility index (Phi) is 3.39. The highest BCUT2D eigenvalue weighted by Crippen LogP contribution is 2.27. The molecule has 0 bridgehead atoms. The van der Waals surface area contributed by atoms with Gasteiger partial charge in [-0.1, -0.05) is 35.4 Å². The van der Waals surface area contributed by atoms with E-state index in [9.17, 15) is 9.59 Å². The summed E-state index contributed by atoms with van der Waals surface area (Å²) in [5, 5.41) is 0.488. The number of anilines is 2. The van der Waals surface area contributed by atoms with E-state index >= 15 is 0 Å². The molecule has 1 aliphatic rings. The van der Waals surface area contributed by atoms with Gasteiger partial charge in [-0.3, -0.25) is 9.69 Å². The second kappa shape index (κ2) is 5.22. The molecule has 2 aromatic rings. The van der Waals surface area contributed by atoms with Gasteiger partial charge >= 0.3 is 6.03 Å². The van der Waals surface area contributed by atoms with Crippen molar-refractivity contribution in [2.75, 3.05) is 16.3 Å². The molecule has 0 spiro atoms. The highest BCUT2D eigenvalue weighted by Gasteiger charge is 2.37. The number of benzene rings is 2. The molecule has 0 atom stereocenters. The number of hydrogen-bond donors (Lipinski definition) is 0. The van der Waals surface area contributed by atoms with Gasteiger partial charge in [0.1, 0.15) is 6.54 Å². The Balaban J connectivity index is 1.94. The molecule has 1 fully saturated rings. The van der Waals surface area contributed by atoms with Gasteiger partial charge in [-0.15, -0.1) is 0 Å². The molecule has 106 valence electrons. The third kappa shape index (κ3) is 2.50. The number of halogens is 1. The predicted octanol–water partition coefficient (Wildman–Crippen LogP) is 3.62. The summed E-state index contributed by atoms with van der Waals surface area (Å²) in [6, 6.07) is 13.9. The summed E-state index contributed by atoms with van der Waals surface area (Å²) in [7, 11) is 0. The number of rotatable bonds is 2. The van der Waals surface area contributed by atoms with Crippen LogP contribution >= 0.6 is 11.6 Å². The average molecular weight is 301 g/mol. The lowest BCUT2D eigenvalue weighted by molar-refractivity contribution is -0.115. The molecule has 0 unspecified atom stereocenters. The van der Waals surface area contributed by atoms with E-state index in [1.54, 1.807) is 24.3 Å². The van der Waals surface area contributed by atoms with Crippen LogP contribution in [-0.2, 0) is 4.79 Å². The van der Waals surface area contributed by atoms with Gasteiger partial charge in [0.25, 0.3) is 5.91 Å². The minimum atomic E-state index is -0.355. The van der Waals surface area contributed by atoms with Crippen LogP contribution in [-0.4, -0.2) is 18.5 Å². The molecule has 3 amide bonds. The Morgan fingerprint density at radius 1 is 1.00 bits per heavy atom. The Morgan fingerprint density at radius 2 is 1.71 bits per heavy atom. The molecular formula is C16H13ClN2O2. The standard InChI is InChI=1S/C16H13ClN2O2/c1-11-5-7-13(8-6-11)18-10-15(20)19(16(18)21)14-4-2-3-12(17)9-14/h2-9H,10H2,1H3. The summed E-state index contributed by atoms with van der Waals surface area (Å²) in [4.78, 5) is 27.3. The molecule has 0 saturated carbocycles. The van der Waals surface area contributed by atoms with Crippen molar-refractivity contribution in [1.29, 1.82) is 0 Å². The smallest absolute Gasteiger partial charge is 0.284 e. The van der Waals surface area contributed by atoms with Crippen LogP contribution in [0.15, 0.2) is 48.5 Å². The molecule has 0 aromatic heterocycles. The fourth-order valence-corrected chi connectivity index (χ4v) is 2.48. The van der Waals surface area contributed by atoms with Gasteiger partial charge in [0.2, 0.25) is 0 Å². The number of carbonyl (C=O) groups is 2. The van der Waals surface area contributed by atoms with Crippen LogP contribution in [0.4, 0.5) is 16.2 Å². The van der Waals surface area contributed by atoms with Crippen molar-refractivity contribution in [1.82, 2.24) is 0 Å². The molecule has 1 aliphatic heterocycles. The van der Waals surface area contributed by atoms with Crippen molar-refractivity contribution in [3.8, 4) is 0 Å². The minimum Gasteiger partial charge on any atom is -0.284 e.